The number of rotatable bonds is 7. The van der Waals surface area contributed by atoms with Crippen LogP contribution in [0.1, 0.15) is 20.3 Å². The quantitative estimate of drug-likeness (QED) is 0.733. The molecule has 0 bridgehead atoms. The van der Waals surface area contributed by atoms with Crippen molar-refractivity contribution in [3.63, 3.8) is 0 Å². The summed E-state index contributed by atoms with van der Waals surface area (Å²) in [5.74, 6) is -0.558. The van der Waals surface area contributed by atoms with Crippen LogP contribution < -0.4 is 5.73 Å². The van der Waals surface area contributed by atoms with Crippen LogP contribution >= 0.6 is 0 Å². The van der Waals surface area contributed by atoms with Crippen LogP contribution in [0.25, 0.3) is 11.2 Å². The molecule has 9 heteroatoms. The summed E-state index contributed by atoms with van der Waals surface area (Å²) >= 11 is 0. The van der Waals surface area contributed by atoms with Gasteiger partial charge in [0.25, 0.3) is 0 Å². The number of fused-ring (bicyclic) bond motifs is 1. The fraction of sp³-hybridized carbons (Fsp3) is 0.500. The number of imidazole rings is 1. The van der Waals surface area contributed by atoms with Crippen molar-refractivity contribution < 1.29 is 19.1 Å². The summed E-state index contributed by atoms with van der Waals surface area (Å²) in [6, 6.07) is 0. The van der Waals surface area contributed by atoms with Gasteiger partial charge in [0.15, 0.2) is 5.65 Å². The first kappa shape index (κ1) is 16.7. The van der Waals surface area contributed by atoms with Gasteiger partial charge in [-0.05, 0) is 6.42 Å². The molecule has 0 saturated carbocycles. The summed E-state index contributed by atoms with van der Waals surface area (Å²) in [5, 5.41) is 0. The summed E-state index contributed by atoms with van der Waals surface area (Å²) in [6.45, 7) is 3.52. The largest absolute Gasteiger partial charge is 0.465 e. The molecule has 0 radical (unpaired) electrons. The Balaban J connectivity index is 2.04. The van der Waals surface area contributed by atoms with Gasteiger partial charge in [-0.15, -0.1) is 0 Å². The Kier molecular flexibility index (Phi) is 5.45. The molecule has 2 N–H and O–H groups in total. The number of ether oxygens (including phenoxy) is 2. The van der Waals surface area contributed by atoms with Crippen molar-refractivity contribution in [2.45, 2.75) is 26.8 Å². The van der Waals surface area contributed by atoms with E-state index in [9.17, 15) is 9.59 Å². The summed E-state index contributed by atoms with van der Waals surface area (Å²) in [4.78, 5) is 34.2. The maximum absolute atomic E-state index is 11.0. The van der Waals surface area contributed by atoms with Gasteiger partial charge in [-0.1, -0.05) is 0 Å². The van der Waals surface area contributed by atoms with E-state index in [0.29, 0.717) is 30.1 Å². The lowest BCUT2D eigenvalue weighted by Gasteiger charge is -2.17. The number of anilines is 1. The van der Waals surface area contributed by atoms with Crippen molar-refractivity contribution in [1.82, 2.24) is 19.5 Å². The van der Waals surface area contributed by atoms with Crippen molar-refractivity contribution in [3.05, 3.63) is 12.5 Å². The number of nitrogen functional groups attached to an aromatic ring is 1. The van der Waals surface area contributed by atoms with E-state index in [1.54, 1.807) is 10.8 Å². The van der Waals surface area contributed by atoms with Gasteiger partial charge < -0.3 is 15.2 Å². The van der Waals surface area contributed by atoms with E-state index in [2.05, 4.69) is 15.0 Å². The number of esters is 2. The summed E-state index contributed by atoms with van der Waals surface area (Å²) in [5.41, 5.74) is 7.15. The Hall–Kier alpha value is -2.71. The van der Waals surface area contributed by atoms with Crippen LogP contribution in [0.4, 0.5) is 5.95 Å². The minimum atomic E-state index is -0.377. The molecule has 2 aromatic rings. The van der Waals surface area contributed by atoms with Gasteiger partial charge in [-0.3, -0.25) is 14.2 Å². The second-order valence-corrected chi connectivity index (χ2v) is 5.11. The smallest absolute Gasteiger partial charge is 0.302 e. The molecule has 2 rings (SSSR count). The zero-order valence-corrected chi connectivity index (χ0v) is 13.1. The Bertz CT molecular complexity index is 682. The van der Waals surface area contributed by atoms with Crippen molar-refractivity contribution in [1.29, 1.82) is 0 Å². The first-order valence-corrected chi connectivity index (χ1v) is 7.15. The number of aryl methyl sites for hydroxylation is 1. The molecule has 0 aliphatic rings. The molecule has 9 nitrogen and oxygen atoms in total. The highest BCUT2D eigenvalue weighted by molar-refractivity contribution is 5.72. The highest BCUT2D eigenvalue weighted by Crippen LogP contribution is 2.17. The van der Waals surface area contributed by atoms with E-state index in [4.69, 9.17) is 15.2 Å². The number of carbonyl (C=O) groups excluding carboxylic acids is 2. The number of nitrogens with zero attached hydrogens (tertiary/aromatic N) is 4. The number of aromatic nitrogens is 4. The minimum Gasteiger partial charge on any atom is -0.465 e. The molecule has 0 aromatic carbocycles. The third-order valence-electron chi connectivity index (χ3n) is 3.25. The molecular formula is C14H19N5O4. The zero-order valence-electron chi connectivity index (χ0n) is 13.1. The first-order chi connectivity index (χ1) is 11.0. The van der Waals surface area contributed by atoms with E-state index in [1.807, 2.05) is 0 Å². The molecule has 0 aliphatic heterocycles. The van der Waals surface area contributed by atoms with Gasteiger partial charge in [0.1, 0.15) is 11.8 Å². The molecule has 124 valence electrons. The van der Waals surface area contributed by atoms with Gasteiger partial charge in [0.2, 0.25) is 5.95 Å². The average Bonchev–Trinajstić information content (AvgIpc) is 2.81. The highest BCUT2D eigenvalue weighted by Gasteiger charge is 2.16. The molecule has 0 fully saturated rings. The maximum atomic E-state index is 11.0. The average molecular weight is 321 g/mol. The fourth-order valence-electron chi connectivity index (χ4n) is 2.11. The van der Waals surface area contributed by atoms with E-state index in [-0.39, 0.29) is 31.1 Å². The molecule has 2 heterocycles. The number of nitrogens with two attached hydrogens (primary N) is 1. The third kappa shape index (κ3) is 4.63. The topological polar surface area (TPSA) is 122 Å². The number of hydrogen-bond donors (Lipinski definition) is 1. The SMILES string of the molecule is CC(=O)OCC(CCn1c(N)nc2cncnc21)COC(C)=O. The molecule has 0 spiro atoms. The molecule has 0 unspecified atom stereocenters. The lowest BCUT2D eigenvalue weighted by molar-refractivity contribution is -0.146. The monoisotopic (exact) mass is 321 g/mol. The molecule has 0 atom stereocenters. The summed E-state index contributed by atoms with van der Waals surface area (Å²) in [6.07, 6.45) is 3.60. The number of carbonyl (C=O) groups is 2. The van der Waals surface area contributed by atoms with Crippen LogP contribution in [0.5, 0.6) is 0 Å². The lowest BCUT2D eigenvalue weighted by atomic mass is 10.1. The molecule has 2 aromatic heterocycles. The van der Waals surface area contributed by atoms with Crippen LogP contribution in [0.2, 0.25) is 0 Å². The highest BCUT2D eigenvalue weighted by atomic mass is 16.5. The predicted molar refractivity (Wildman–Crippen MR) is 81.1 cm³/mol. The van der Waals surface area contributed by atoms with Crippen molar-refractivity contribution in [2.75, 3.05) is 18.9 Å². The van der Waals surface area contributed by atoms with E-state index in [0.717, 1.165) is 0 Å². The van der Waals surface area contributed by atoms with Crippen molar-refractivity contribution in [2.24, 2.45) is 5.92 Å². The van der Waals surface area contributed by atoms with Crippen LogP contribution in [0, 0.1) is 5.92 Å². The Morgan fingerprint density at radius 1 is 1.26 bits per heavy atom. The first-order valence-electron chi connectivity index (χ1n) is 7.15. The zero-order chi connectivity index (χ0) is 16.8. The molecule has 23 heavy (non-hydrogen) atoms. The van der Waals surface area contributed by atoms with Gasteiger partial charge in [0, 0.05) is 26.3 Å². The van der Waals surface area contributed by atoms with Crippen LogP contribution in [0.3, 0.4) is 0 Å². The van der Waals surface area contributed by atoms with Gasteiger partial charge in [0.05, 0.1) is 19.4 Å². The Labute approximate surface area is 132 Å². The Morgan fingerprint density at radius 2 is 1.91 bits per heavy atom. The number of hydrogen-bond acceptors (Lipinski definition) is 8. The fourth-order valence-corrected chi connectivity index (χ4v) is 2.11. The summed E-state index contributed by atoms with van der Waals surface area (Å²) < 4.78 is 11.8. The molecule has 0 saturated heterocycles. The van der Waals surface area contributed by atoms with Crippen LogP contribution in [-0.2, 0) is 25.6 Å². The van der Waals surface area contributed by atoms with E-state index >= 15 is 0 Å². The lowest BCUT2D eigenvalue weighted by Crippen LogP contribution is -2.21. The minimum absolute atomic E-state index is 0.138. The van der Waals surface area contributed by atoms with Gasteiger partial charge in [-0.25, -0.2) is 15.0 Å². The molecule has 0 aliphatic carbocycles. The van der Waals surface area contributed by atoms with Gasteiger partial charge >= 0.3 is 11.9 Å². The maximum Gasteiger partial charge on any atom is 0.302 e. The van der Waals surface area contributed by atoms with E-state index in [1.165, 1.54) is 20.2 Å². The van der Waals surface area contributed by atoms with Crippen molar-refractivity contribution >= 4 is 29.1 Å². The van der Waals surface area contributed by atoms with Crippen LogP contribution in [0.15, 0.2) is 12.5 Å². The summed E-state index contributed by atoms with van der Waals surface area (Å²) in [7, 11) is 0. The molecule has 0 amide bonds. The van der Waals surface area contributed by atoms with E-state index < -0.39 is 0 Å². The van der Waals surface area contributed by atoms with Gasteiger partial charge in [-0.2, -0.15) is 0 Å². The van der Waals surface area contributed by atoms with Crippen molar-refractivity contribution in [3.8, 4) is 0 Å². The Morgan fingerprint density at radius 3 is 2.52 bits per heavy atom. The predicted octanol–water partition coefficient (Wildman–Crippen LogP) is 0.541. The molecular weight excluding hydrogens is 302 g/mol. The third-order valence-corrected chi connectivity index (χ3v) is 3.25. The standard InChI is InChI=1S/C14H19N5O4/c1-9(20)22-6-11(7-23-10(2)21)3-4-19-13-12(18-14(19)15)5-16-8-17-13/h5,8,11H,3-4,6-7H2,1-2H3,(H2,15,18). The normalized spacial score (nSPS) is 10.9. The second-order valence-electron chi connectivity index (χ2n) is 5.11. The van der Waals surface area contributed by atoms with Crippen LogP contribution in [-0.4, -0.2) is 44.7 Å². The second kappa shape index (κ2) is 7.52.